The third kappa shape index (κ3) is 6.55. The molecular weight excluding hydrogens is 542 g/mol. The number of Topliss-reactive ketones (excluding diaryl/α,β-unsaturated/α-hetero) is 1. The summed E-state index contributed by atoms with van der Waals surface area (Å²) in [5.41, 5.74) is 5.94. The quantitative estimate of drug-likeness (QED) is 0.112. The minimum absolute atomic E-state index is 0.000922. The molecular formula is C32H46BrNO4. The third-order valence-electron chi connectivity index (χ3n) is 9.93. The van der Waals surface area contributed by atoms with Crippen molar-refractivity contribution < 1.29 is 19.1 Å². The zero-order valence-corrected chi connectivity index (χ0v) is 25.2. The van der Waals surface area contributed by atoms with E-state index >= 15 is 0 Å². The summed E-state index contributed by atoms with van der Waals surface area (Å²) in [7, 11) is 1.70. The first-order chi connectivity index (χ1) is 18.2. The first-order valence-electron chi connectivity index (χ1n) is 15.0. The molecule has 2 fully saturated rings. The minimum Gasteiger partial charge on any atom is -0.422 e. The molecule has 3 unspecified atom stereocenters. The molecule has 0 spiro atoms. The summed E-state index contributed by atoms with van der Waals surface area (Å²) in [6, 6.07) is 0. The lowest BCUT2D eigenvalue weighted by atomic mass is 9.51. The number of ketones is 1. The number of halogens is 1. The monoisotopic (exact) mass is 587 g/mol. The van der Waals surface area contributed by atoms with Crippen LogP contribution in [0.25, 0.3) is 0 Å². The van der Waals surface area contributed by atoms with Crippen LogP contribution in [0.1, 0.15) is 110 Å². The highest BCUT2D eigenvalue weighted by Crippen LogP contribution is 2.62. The maximum Gasteiger partial charge on any atom is 0.308 e. The molecule has 0 bridgehead atoms. The number of amides is 1. The van der Waals surface area contributed by atoms with Crippen LogP contribution in [-0.2, 0) is 19.1 Å². The third-order valence-corrected chi connectivity index (χ3v) is 10.7. The fourth-order valence-corrected chi connectivity index (χ4v) is 8.93. The number of fused-ring (bicyclic) bond motifs is 4. The van der Waals surface area contributed by atoms with Crippen LogP contribution in [0.15, 0.2) is 28.7 Å². The highest BCUT2D eigenvalue weighted by atomic mass is 79.9. The van der Waals surface area contributed by atoms with E-state index < -0.39 is 0 Å². The predicted molar refractivity (Wildman–Crippen MR) is 153 cm³/mol. The van der Waals surface area contributed by atoms with Gasteiger partial charge in [-0.1, -0.05) is 79.1 Å². The summed E-state index contributed by atoms with van der Waals surface area (Å²) in [6.45, 7) is 3.70. The van der Waals surface area contributed by atoms with Gasteiger partial charge in [0.1, 0.15) is 0 Å². The summed E-state index contributed by atoms with van der Waals surface area (Å²) in [5.74, 6) is 3.02. The molecule has 210 valence electrons. The lowest BCUT2D eigenvalue weighted by Gasteiger charge is -2.52. The van der Waals surface area contributed by atoms with E-state index in [9.17, 15) is 14.4 Å². The SMILES string of the molecule is CNC(=O)CCCCCCCCCC[C@@H]1CC2=C(C=C=C(OC(C)=O)C2)C2CC[C@]3(C)C(=O)[C@H](Br)CC3C21. The Morgan fingerprint density at radius 1 is 1.13 bits per heavy atom. The number of alkyl halides is 1. The summed E-state index contributed by atoms with van der Waals surface area (Å²) >= 11 is 3.73. The van der Waals surface area contributed by atoms with Crippen molar-refractivity contribution in [3.63, 3.8) is 0 Å². The van der Waals surface area contributed by atoms with Crippen LogP contribution in [-0.4, -0.2) is 29.5 Å². The van der Waals surface area contributed by atoms with Crippen molar-refractivity contribution in [2.24, 2.45) is 29.1 Å². The van der Waals surface area contributed by atoms with Gasteiger partial charge in [0.25, 0.3) is 0 Å². The van der Waals surface area contributed by atoms with Gasteiger partial charge in [0, 0.05) is 32.2 Å². The first-order valence-corrected chi connectivity index (χ1v) is 15.9. The van der Waals surface area contributed by atoms with E-state index in [1.807, 2.05) is 0 Å². The van der Waals surface area contributed by atoms with E-state index in [0.29, 0.717) is 48.1 Å². The number of carbonyl (C=O) groups excluding carboxylic acids is 3. The Morgan fingerprint density at radius 3 is 2.50 bits per heavy atom. The average molecular weight is 589 g/mol. The first kappa shape index (κ1) is 29.3. The summed E-state index contributed by atoms with van der Waals surface area (Å²) in [6.07, 6.45) is 18.4. The van der Waals surface area contributed by atoms with E-state index in [-0.39, 0.29) is 22.1 Å². The van der Waals surface area contributed by atoms with Crippen LogP contribution in [0.4, 0.5) is 0 Å². The van der Waals surface area contributed by atoms with Crippen LogP contribution >= 0.6 is 15.9 Å². The van der Waals surface area contributed by atoms with E-state index in [1.54, 1.807) is 7.05 Å². The van der Waals surface area contributed by atoms with Gasteiger partial charge in [-0.2, -0.15) is 0 Å². The number of allylic oxidation sites excluding steroid dienone is 2. The van der Waals surface area contributed by atoms with Gasteiger partial charge in [-0.3, -0.25) is 14.4 Å². The van der Waals surface area contributed by atoms with Crippen LogP contribution in [0, 0.1) is 29.1 Å². The minimum atomic E-state index is -0.275. The summed E-state index contributed by atoms with van der Waals surface area (Å²) < 4.78 is 5.43. The Balaban J connectivity index is 1.34. The molecule has 6 atom stereocenters. The lowest BCUT2D eigenvalue weighted by molar-refractivity contribution is -0.137. The highest BCUT2D eigenvalue weighted by molar-refractivity contribution is 9.10. The van der Waals surface area contributed by atoms with Gasteiger partial charge < -0.3 is 10.1 Å². The molecule has 0 aliphatic heterocycles. The molecule has 0 saturated heterocycles. The molecule has 38 heavy (non-hydrogen) atoms. The van der Waals surface area contributed by atoms with Crippen LogP contribution in [0.2, 0.25) is 0 Å². The molecule has 1 amide bonds. The molecule has 1 N–H and O–H groups in total. The maximum atomic E-state index is 13.2. The molecule has 0 aromatic heterocycles. The van der Waals surface area contributed by atoms with Crippen molar-refractivity contribution in [1.29, 1.82) is 0 Å². The predicted octanol–water partition coefficient (Wildman–Crippen LogP) is 7.34. The highest BCUT2D eigenvalue weighted by Gasteiger charge is 2.59. The fourth-order valence-electron chi connectivity index (χ4n) is 8.00. The lowest BCUT2D eigenvalue weighted by Crippen LogP contribution is -2.47. The average Bonchev–Trinajstić information content (AvgIpc) is 3.12. The van der Waals surface area contributed by atoms with Crippen molar-refractivity contribution in [2.75, 3.05) is 7.05 Å². The van der Waals surface area contributed by atoms with Crippen LogP contribution in [0.3, 0.4) is 0 Å². The van der Waals surface area contributed by atoms with E-state index in [2.05, 4.69) is 40.0 Å². The molecule has 5 nitrogen and oxygen atoms in total. The molecule has 6 heteroatoms. The number of hydrogen-bond acceptors (Lipinski definition) is 4. The number of carbonyl (C=O) groups is 3. The largest absolute Gasteiger partial charge is 0.422 e. The Bertz CT molecular complexity index is 1010. The van der Waals surface area contributed by atoms with E-state index in [0.717, 1.165) is 38.5 Å². The number of ether oxygens (including phenoxy) is 1. The Morgan fingerprint density at radius 2 is 1.82 bits per heavy atom. The van der Waals surface area contributed by atoms with Crippen LogP contribution < -0.4 is 5.32 Å². The Hall–Kier alpha value is -1.65. The molecule has 4 aliphatic rings. The van der Waals surface area contributed by atoms with Gasteiger partial charge in [0.05, 0.1) is 4.83 Å². The Labute approximate surface area is 237 Å². The second-order valence-corrected chi connectivity index (χ2v) is 13.5. The van der Waals surface area contributed by atoms with E-state index in [1.165, 1.54) is 63.0 Å². The molecule has 0 aromatic rings. The molecule has 2 saturated carbocycles. The van der Waals surface area contributed by atoms with Crippen molar-refractivity contribution in [3.05, 3.63) is 28.7 Å². The topological polar surface area (TPSA) is 72.5 Å². The molecule has 0 aromatic carbocycles. The normalized spacial score (nSPS) is 31.8. The molecule has 0 radical (unpaired) electrons. The van der Waals surface area contributed by atoms with Crippen molar-refractivity contribution in [1.82, 2.24) is 5.32 Å². The fraction of sp³-hybridized carbons (Fsp3) is 0.750. The maximum absolute atomic E-state index is 13.2. The number of esters is 1. The number of nitrogens with one attached hydrogen (secondary N) is 1. The number of rotatable bonds is 12. The van der Waals surface area contributed by atoms with Gasteiger partial charge in [-0.05, 0) is 73.8 Å². The second kappa shape index (κ2) is 13.1. The van der Waals surface area contributed by atoms with Gasteiger partial charge in [0.2, 0.25) is 5.91 Å². The van der Waals surface area contributed by atoms with Gasteiger partial charge in [0.15, 0.2) is 11.5 Å². The van der Waals surface area contributed by atoms with Gasteiger partial charge in [-0.15, -0.1) is 0 Å². The number of hydrogen-bond donors (Lipinski definition) is 1. The van der Waals surface area contributed by atoms with E-state index in [4.69, 9.17) is 4.74 Å². The van der Waals surface area contributed by atoms with Crippen molar-refractivity contribution in [2.45, 2.75) is 115 Å². The van der Waals surface area contributed by atoms with Crippen LogP contribution in [0.5, 0.6) is 0 Å². The van der Waals surface area contributed by atoms with Gasteiger partial charge in [-0.25, -0.2) is 0 Å². The van der Waals surface area contributed by atoms with Gasteiger partial charge >= 0.3 is 5.97 Å². The summed E-state index contributed by atoms with van der Waals surface area (Å²) in [4.78, 5) is 36.1. The second-order valence-electron chi connectivity index (χ2n) is 12.4. The Kier molecular flexibility index (Phi) is 10.1. The smallest absolute Gasteiger partial charge is 0.308 e. The van der Waals surface area contributed by atoms with Crippen molar-refractivity contribution in [3.8, 4) is 0 Å². The molecule has 4 rings (SSSR count). The standard InChI is InChI=1S/C32H46BrNO4/c1-21(35)38-24-14-15-25-23(19-24)18-22(12-10-8-6-4-5-7-9-11-13-29(36)34-3)30-26(25)16-17-32(2)27(30)20-28(33)31(32)37/h15,22,26-28,30H,4-13,16-20H2,1-3H3,(H,34,36)/t22-,26?,27?,28-,30?,32+/m1/s1. The molecule has 4 aliphatic carbocycles. The zero-order chi connectivity index (χ0) is 27.3. The zero-order valence-electron chi connectivity index (χ0n) is 23.6. The number of unbranched alkanes of at least 4 members (excludes halogenated alkanes) is 7. The van der Waals surface area contributed by atoms with Crippen molar-refractivity contribution >= 4 is 33.6 Å². The molecule has 0 heterocycles. The summed E-state index contributed by atoms with van der Waals surface area (Å²) in [5, 5.41) is 2.69.